The number of piperidine rings is 1. The van der Waals surface area contributed by atoms with Gasteiger partial charge in [0, 0.05) is 37.5 Å². The molecular weight excluding hydrogens is 308 g/mol. The van der Waals surface area contributed by atoms with Crippen molar-refractivity contribution >= 4 is 17.4 Å². The summed E-state index contributed by atoms with van der Waals surface area (Å²) >= 11 is 1.65. The first-order valence-corrected chi connectivity index (χ1v) is 9.10. The van der Waals surface area contributed by atoms with Gasteiger partial charge in [-0.1, -0.05) is 0 Å². The number of imidazole rings is 1. The topological polar surface area (TPSA) is 60.0 Å². The Morgan fingerprint density at radius 1 is 1.30 bits per heavy atom. The Balaban J connectivity index is 1.86. The van der Waals surface area contributed by atoms with Crippen molar-refractivity contribution in [1.82, 2.24) is 29.5 Å². The van der Waals surface area contributed by atoms with E-state index in [4.69, 9.17) is 4.98 Å². The van der Waals surface area contributed by atoms with Crippen molar-refractivity contribution in [3.05, 3.63) is 30.5 Å². The first kappa shape index (κ1) is 14.7. The van der Waals surface area contributed by atoms with Crippen LogP contribution in [0, 0.1) is 0 Å². The molecule has 0 spiro atoms. The van der Waals surface area contributed by atoms with E-state index in [1.165, 1.54) is 12.8 Å². The zero-order chi connectivity index (χ0) is 15.8. The van der Waals surface area contributed by atoms with E-state index in [2.05, 4.69) is 32.3 Å². The highest BCUT2D eigenvalue weighted by atomic mass is 32.2. The van der Waals surface area contributed by atoms with Crippen LogP contribution >= 0.6 is 11.8 Å². The lowest BCUT2D eigenvalue weighted by Gasteiger charge is -2.22. The van der Waals surface area contributed by atoms with Crippen LogP contribution < -0.4 is 5.32 Å². The molecule has 1 aliphatic rings. The molecule has 4 rings (SSSR count). The standard InChI is InChI=1S/C16H20N6S/c1-21-9-12(7-19-21)14-8-18-15-16(23-2)20-13(10-22(14)15)11-4-3-5-17-6-11/h7-11,17H,3-6H2,1-2H3. The maximum absolute atomic E-state index is 4.87. The van der Waals surface area contributed by atoms with Gasteiger partial charge in [0.15, 0.2) is 5.65 Å². The third-order valence-electron chi connectivity index (χ3n) is 4.39. The van der Waals surface area contributed by atoms with Gasteiger partial charge in [-0.3, -0.25) is 9.08 Å². The predicted molar refractivity (Wildman–Crippen MR) is 91.8 cm³/mol. The van der Waals surface area contributed by atoms with Crippen LogP contribution in [0.25, 0.3) is 16.9 Å². The Labute approximate surface area is 139 Å². The molecule has 3 aromatic rings. The van der Waals surface area contributed by atoms with Gasteiger partial charge in [-0.05, 0) is 25.6 Å². The van der Waals surface area contributed by atoms with E-state index in [1.807, 2.05) is 30.3 Å². The highest BCUT2D eigenvalue weighted by Gasteiger charge is 2.20. The highest BCUT2D eigenvalue weighted by Crippen LogP contribution is 2.29. The average molecular weight is 328 g/mol. The van der Waals surface area contributed by atoms with Crippen LogP contribution in [0.3, 0.4) is 0 Å². The number of nitrogens with zero attached hydrogens (tertiary/aromatic N) is 5. The molecule has 1 N–H and O–H groups in total. The SMILES string of the molecule is CSc1nc(C2CCCNC2)cn2c(-c3cnn(C)c3)cnc12. The van der Waals surface area contributed by atoms with Crippen molar-refractivity contribution in [3.8, 4) is 11.3 Å². The molecule has 3 aromatic heterocycles. The quantitative estimate of drug-likeness (QED) is 0.748. The zero-order valence-corrected chi connectivity index (χ0v) is 14.2. The van der Waals surface area contributed by atoms with Gasteiger partial charge in [-0.15, -0.1) is 11.8 Å². The molecular formula is C16H20N6S. The number of aromatic nitrogens is 5. The lowest BCUT2D eigenvalue weighted by molar-refractivity contribution is 0.452. The molecule has 1 unspecified atom stereocenters. The molecule has 7 heteroatoms. The Kier molecular flexibility index (Phi) is 3.82. The van der Waals surface area contributed by atoms with E-state index in [1.54, 1.807) is 11.8 Å². The second-order valence-corrected chi connectivity index (χ2v) is 6.75. The number of hydrogen-bond acceptors (Lipinski definition) is 5. The van der Waals surface area contributed by atoms with Crippen molar-refractivity contribution in [2.45, 2.75) is 23.8 Å². The fourth-order valence-electron chi connectivity index (χ4n) is 3.18. The lowest BCUT2D eigenvalue weighted by atomic mass is 9.96. The lowest BCUT2D eigenvalue weighted by Crippen LogP contribution is -2.29. The van der Waals surface area contributed by atoms with Crippen LogP contribution in [0.5, 0.6) is 0 Å². The number of aryl methyl sites for hydroxylation is 1. The van der Waals surface area contributed by atoms with Gasteiger partial charge in [-0.25, -0.2) is 9.97 Å². The predicted octanol–water partition coefficient (Wildman–Crippen LogP) is 2.32. The van der Waals surface area contributed by atoms with E-state index in [9.17, 15) is 0 Å². The largest absolute Gasteiger partial charge is 0.316 e. The summed E-state index contributed by atoms with van der Waals surface area (Å²) in [5.41, 5.74) is 4.21. The third-order valence-corrected chi connectivity index (χ3v) is 5.05. The molecule has 0 amide bonds. The smallest absolute Gasteiger partial charge is 0.170 e. The van der Waals surface area contributed by atoms with Crippen molar-refractivity contribution in [2.24, 2.45) is 7.05 Å². The van der Waals surface area contributed by atoms with Gasteiger partial charge in [0.05, 0.1) is 23.8 Å². The minimum Gasteiger partial charge on any atom is -0.316 e. The summed E-state index contributed by atoms with van der Waals surface area (Å²) in [5.74, 6) is 0.475. The number of rotatable bonds is 3. The van der Waals surface area contributed by atoms with Gasteiger partial charge in [0.1, 0.15) is 5.03 Å². The van der Waals surface area contributed by atoms with E-state index in [-0.39, 0.29) is 0 Å². The van der Waals surface area contributed by atoms with Crippen LogP contribution in [0.15, 0.2) is 29.8 Å². The Bertz CT molecular complexity index is 830. The highest BCUT2D eigenvalue weighted by molar-refractivity contribution is 7.98. The Morgan fingerprint density at radius 2 is 2.22 bits per heavy atom. The molecule has 1 saturated heterocycles. The van der Waals surface area contributed by atoms with E-state index >= 15 is 0 Å². The minimum absolute atomic E-state index is 0.475. The molecule has 0 aromatic carbocycles. The maximum Gasteiger partial charge on any atom is 0.170 e. The molecule has 0 saturated carbocycles. The molecule has 4 heterocycles. The molecule has 0 radical (unpaired) electrons. The summed E-state index contributed by atoms with van der Waals surface area (Å²) in [4.78, 5) is 9.46. The Hall–Kier alpha value is -1.86. The van der Waals surface area contributed by atoms with Crippen molar-refractivity contribution in [3.63, 3.8) is 0 Å². The minimum atomic E-state index is 0.475. The number of hydrogen-bond donors (Lipinski definition) is 1. The Morgan fingerprint density at radius 3 is 2.91 bits per heavy atom. The number of thioether (sulfide) groups is 1. The summed E-state index contributed by atoms with van der Waals surface area (Å²) in [6.45, 7) is 2.11. The van der Waals surface area contributed by atoms with Crippen LogP contribution in [0.2, 0.25) is 0 Å². The molecule has 0 aliphatic carbocycles. The summed E-state index contributed by atoms with van der Waals surface area (Å²) < 4.78 is 3.98. The van der Waals surface area contributed by atoms with Crippen LogP contribution in [0.1, 0.15) is 24.5 Å². The number of nitrogens with one attached hydrogen (secondary N) is 1. The van der Waals surface area contributed by atoms with Crippen LogP contribution in [0.4, 0.5) is 0 Å². The van der Waals surface area contributed by atoms with E-state index < -0.39 is 0 Å². The zero-order valence-electron chi connectivity index (χ0n) is 13.4. The second-order valence-electron chi connectivity index (χ2n) is 5.96. The van der Waals surface area contributed by atoms with Gasteiger partial charge in [0.25, 0.3) is 0 Å². The number of fused-ring (bicyclic) bond motifs is 1. The van der Waals surface area contributed by atoms with Gasteiger partial charge in [0.2, 0.25) is 0 Å². The first-order valence-electron chi connectivity index (χ1n) is 7.88. The fraction of sp³-hybridized carbons (Fsp3) is 0.438. The molecule has 120 valence electrons. The second kappa shape index (κ2) is 5.98. The maximum atomic E-state index is 4.87. The first-order chi connectivity index (χ1) is 11.3. The van der Waals surface area contributed by atoms with Crippen molar-refractivity contribution in [1.29, 1.82) is 0 Å². The molecule has 6 nitrogen and oxygen atoms in total. The van der Waals surface area contributed by atoms with Crippen LogP contribution in [-0.2, 0) is 7.05 Å². The molecule has 1 fully saturated rings. The summed E-state index contributed by atoms with van der Waals surface area (Å²) in [7, 11) is 1.93. The van der Waals surface area contributed by atoms with Crippen molar-refractivity contribution in [2.75, 3.05) is 19.3 Å². The molecule has 1 atom stereocenters. The molecule has 1 aliphatic heterocycles. The summed E-state index contributed by atoms with van der Waals surface area (Å²) in [6.07, 6.45) is 12.4. The van der Waals surface area contributed by atoms with E-state index in [0.717, 1.165) is 40.7 Å². The van der Waals surface area contributed by atoms with Gasteiger partial charge >= 0.3 is 0 Å². The van der Waals surface area contributed by atoms with Gasteiger partial charge in [-0.2, -0.15) is 5.10 Å². The average Bonchev–Trinajstić information content (AvgIpc) is 3.20. The third kappa shape index (κ3) is 2.64. The van der Waals surface area contributed by atoms with Crippen LogP contribution in [-0.4, -0.2) is 43.5 Å². The monoisotopic (exact) mass is 328 g/mol. The normalized spacial score (nSPS) is 18.6. The summed E-state index contributed by atoms with van der Waals surface area (Å²) in [5, 5.41) is 8.75. The van der Waals surface area contributed by atoms with Crippen molar-refractivity contribution < 1.29 is 0 Å². The summed E-state index contributed by atoms with van der Waals surface area (Å²) in [6, 6.07) is 0. The molecule has 23 heavy (non-hydrogen) atoms. The van der Waals surface area contributed by atoms with Gasteiger partial charge < -0.3 is 5.32 Å². The molecule has 0 bridgehead atoms. The fourth-order valence-corrected chi connectivity index (χ4v) is 3.71. The van der Waals surface area contributed by atoms with E-state index in [0.29, 0.717) is 5.92 Å².